The van der Waals surface area contributed by atoms with Gasteiger partial charge < -0.3 is 14.2 Å². The summed E-state index contributed by atoms with van der Waals surface area (Å²) in [7, 11) is 0. The molecule has 6 heteroatoms. The van der Waals surface area contributed by atoms with Gasteiger partial charge in [0, 0.05) is 19.3 Å². The number of allylic oxidation sites excluding steroid dienone is 18. The second-order valence-corrected chi connectivity index (χ2v) is 14.6. The van der Waals surface area contributed by atoms with Crippen LogP contribution < -0.4 is 0 Å². The number of carbonyl (C=O) groups excluding carboxylic acids is 3. The molecule has 1 unspecified atom stereocenters. The summed E-state index contributed by atoms with van der Waals surface area (Å²) in [6.45, 7) is 6.23. The number of hydrogen-bond acceptors (Lipinski definition) is 6. The zero-order valence-corrected chi connectivity index (χ0v) is 37.0. The molecule has 0 aliphatic rings. The fraction of sp³-hybridized carbons (Fsp3) is 0.596. The molecule has 0 saturated carbocycles. The van der Waals surface area contributed by atoms with Crippen molar-refractivity contribution in [1.82, 2.24) is 0 Å². The maximum absolute atomic E-state index is 12.7. The minimum atomic E-state index is -0.830. The van der Waals surface area contributed by atoms with Crippen molar-refractivity contribution in [2.45, 2.75) is 187 Å². The molecular formula is C52H82O6. The van der Waals surface area contributed by atoms with Crippen LogP contribution in [0.1, 0.15) is 181 Å². The van der Waals surface area contributed by atoms with Crippen molar-refractivity contribution in [2.24, 2.45) is 0 Å². The number of unbranched alkanes of at least 4 members (excludes halogenated alkanes) is 13. The lowest BCUT2D eigenvalue weighted by Crippen LogP contribution is -2.30. The lowest BCUT2D eigenvalue weighted by Gasteiger charge is -2.18. The standard InChI is InChI=1S/C52H82O6/c1-4-7-10-13-16-19-22-25-28-30-33-36-39-42-45-51(54)57-48-49(58-52(55)46-43-40-37-34-31-27-24-21-18-15-12-9-6-3)47-56-50(53)44-41-38-35-32-29-26-23-20-17-14-11-8-5-2/h7,9-10,12,15-16,18-19,21,24-29,31,35,38,49H,4-6,8,11,13-14,17,20,22-23,30,32-34,36-37,39-48H2,1-3H3/b10-7+,12-9+,18-15+,19-16+,24-21+,28-25+,29-26+,31-27+,38-35+. The molecule has 0 heterocycles. The van der Waals surface area contributed by atoms with Crippen LogP contribution in [0.15, 0.2) is 109 Å². The van der Waals surface area contributed by atoms with Gasteiger partial charge in [-0.2, -0.15) is 0 Å². The normalized spacial score (nSPS) is 13.1. The molecule has 0 aromatic carbocycles. The average Bonchev–Trinajstić information content (AvgIpc) is 3.22. The lowest BCUT2D eigenvalue weighted by molar-refractivity contribution is -0.166. The summed E-state index contributed by atoms with van der Waals surface area (Å²) in [6.07, 6.45) is 60.8. The van der Waals surface area contributed by atoms with Crippen molar-refractivity contribution in [1.29, 1.82) is 0 Å². The highest BCUT2D eigenvalue weighted by Gasteiger charge is 2.19. The van der Waals surface area contributed by atoms with Gasteiger partial charge in [-0.15, -0.1) is 0 Å². The Morgan fingerprint density at radius 1 is 0.379 bits per heavy atom. The van der Waals surface area contributed by atoms with E-state index in [1.807, 2.05) is 42.5 Å². The fourth-order valence-corrected chi connectivity index (χ4v) is 5.69. The quantitative estimate of drug-likeness (QED) is 0.0202. The predicted molar refractivity (Wildman–Crippen MR) is 247 cm³/mol. The highest BCUT2D eigenvalue weighted by molar-refractivity contribution is 5.71. The zero-order chi connectivity index (χ0) is 42.3. The second kappa shape index (κ2) is 45.8. The van der Waals surface area contributed by atoms with Gasteiger partial charge >= 0.3 is 17.9 Å². The van der Waals surface area contributed by atoms with Crippen molar-refractivity contribution in [3.63, 3.8) is 0 Å². The average molecular weight is 803 g/mol. The first kappa shape index (κ1) is 54.1. The molecule has 0 rings (SSSR count). The highest BCUT2D eigenvalue weighted by Crippen LogP contribution is 2.11. The van der Waals surface area contributed by atoms with Gasteiger partial charge in [0.25, 0.3) is 0 Å². The summed E-state index contributed by atoms with van der Waals surface area (Å²) in [5, 5.41) is 0. The van der Waals surface area contributed by atoms with Crippen LogP contribution in [-0.4, -0.2) is 37.2 Å². The molecule has 0 saturated heterocycles. The molecule has 0 fully saturated rings. The van der Waals surface area contributed by atoms with E-state index in [2.05, 4.69) is 87.6 Å². The van der Waals surface area contributed by atoms with E-state index >= 15 is 0 Å². The Morgan fingerprint density at radius 3 is 1.38 bits per heavy atom. The minimum absolute atomic E-state index is 0.126. The van der Waals surface area contributed by atoms with Crippen molar-refractivity contribution in [3.8, 4) is 0 Å². The first-order valence-electron chi connectivity index (χ1n) is 22.9. The summed E-state index contributed by atoms with van der Waals surface area (Å²) in [5.74, 6) is -1.07. The molecule has 1 atom stereocenters. The smallest absolute Gasteiger partial charge is 0.306 e. The van der Waals surface area contributed by atoms with Gasteiger partial charge in [0.15, 0.2) is 6.10 Å². The Bertz CT molecular complexity index is 1240. The fourth-order valence-electron chi connectivity index (χ4n) is 5.69. The summed E-state index contributed by atoms with van der Waals surface area (Å²) in [6, 6.07) is 0. The molecule has 6 nitrogen and oxygen atoms in total. The third kappa shape index (κ3) is 43.2. The molecule has 0 aliphatic carbocycles. The van der Waals surface area contributed by atoms with E-state index in [-0.39, 0.29) is 44.0 Å². The number of rotatable bonds is 39. The predicted octanol–water partition coefficient (Wildman–Crippen LogP) is 14.8. The van der Waals surface area contributed by atoms with E-state index in [0.717, 1.165) is 89.9 Å². The van der Waals surface area contributed by atoms with Crippen LogP contribution in [0.25, 0.3) is 0 Å². The molecular weight excluding hydrogens is 721 g/mol. The number of esters is 3. The van der Waals surface area contributed by atoms with Crippen molar-refractivity contribution >= 4 is 17.9 Å². The van der Waals surface area contributed by atoms with E-state index in [4.69, 9.17) is 14.2 Å². The molecule has 0 aromatic heterocycles. The van der Waals surface area contributed by atoms with E-state index in [1.54, 1.807) is 0 Å². The Kier molecular flexibility index (Phi) is 42.7. The van der Waals surface area contributed by atoms with Crippen LogP contribution in [0, 0.1) is 0 Å². The van der Waals surface area contributed by atoms with Crippen LogP contribution in [0.3, 0.4) is 0 Å². The Balaban J connectivity index is 4.58. The Morgan fingerprint density at radius 2 is 0.793 bits per heavy atom. The van der Waals surface area contributed by atoms with Crippen molar-refractivity contribution in [3.05, 3.63) is 109 Å². The van der Waals surface area contributed by atoms with Crippen molar-refractivity contribution < 1.29 is 28.6 Å². The minimum Gasteiger partial charge on any atom is -0.462 e. The van der Waals surface area contributed by atoms with Crippen LogP contribution in [0.5, 0.6) is 0 Å². The molecule has 0 bridgehead atoms. The number of carbonyl (C=O) groups is 3. The summed E-state index contributed by atoms with van der Waals surface area (Å²) in [5.41, 5.74) is 0. The SMILES string of the molecule is CC/C=C/C=C/C=C/C=C/CCCCCC(=O)OC(COC(=O)CC/C=C/C/C=C/CCCCCCCC)COC(=O)CCCCCC/C=C/C/C=C/C/C=C/CC. The lowest BCUT2D eigenvalue weighted by atomic mass is 10.1. The van der Waals surface area contributed by atoms with Gasteiger partial charge in [-0.1, -0.05) is 182 Å². The third-order valence-electron chi connectivity index (χ3n) is 9.10. The first-order chi connectivity index (χ1) is 28.5. The van der Waals surface area contributed by atoms with Crippen LogP contribution in [0.4, 0.5) is 0 Å². The summed E-state index contributed by atoms with van der Waals surface area (Å²) in [4.78, 5) is 37.7. The van der Waals surface area contributed by atoms with E-state index in [9.17, 15) is 14.4 Å². The van der Waals surface area contributed by atoms with Gasteiger partial charge in [0.1, 0.15) is 13.2 Å². The third-order valence-corrected chi connectivity index (χ3v) is 9.10. The summed E-state index contributed by atoms with van der Waals surface area (Å²) >= 11 is 0. The molecule has 0 spiro atoms. The number of hydrogen-bond donors (Lipinski definition) is 0. The van der Waals surface area contributed by atoms with Gasteiger partial charge in [0.05, 0.1) is 0 Å². The van der Waals surface area contributed by atoms with Gasteiger partial charge in [0.2, 0.25) is 0 Å². The molecule has 0 aromatic rings. The molecule has 0 N–H and O–H groups in total. The maximum Gasteiger partial charge on any atom is 0.306 e. The van der Waals surface area contributed by atoms with E-state index < -0.39 is 6.10 Å². The molecule has 0 aliphatic heterocycles. The van der Waals surface area contributed by atoms with Gasteiger partial charge in [-0.05, 0) is 89.9 Å². The number of ether oxygens (including phenoxy) is 3. The topological polar surface area (TPSA) is 78.9 Å². The van der Waals surface area contributed by atoms with Crippen LogP contribution in [0.2, 0.25) is 0 Å². The Hall–Kier alpha value is -3.93. The maximum atomic E-state index is 12.7. The van der Waals surface area contributed by atoms with Crippen molar-refractivity contribution in [2.75, 3.05) is 13.2 Å². The first-order valence-corrected chi connectivity index (χ1v) is 22.9. The monoisotopic (exact) mass is 803 g/mol. The molecule has 0 radical (unpaired) electrons. The zero-order valence-electron chi connectivity index (χ0n) is 37.0. The molecule has 58 heavy (non-hydrogen) atoms. The van der Waals surface area contributed by atoms with Crippen LogP contribution >= 0.6 is 0 Å². The molecule has 326 valence electrons. The largest absolute Gasteiger partial charge is 0.462 e. The van der Waals surface area contributed by atoms with E-state index in [0.29, 0.717) is 19.3 Å². The van der Waals surface area contributed by atoms with E-state index in [1.165, 1.54) is 38.5 Å². The highest BCUT2D eigenvalue weighted by atomic mass is 16.6. The van der Waals surface area contributed by atoms with Crippen LogP contribution in [-0.2, 0) is 28.6 Å². The Labute approximate surface area is 355 Å². The second-order valence-electron chi connectivity index (χ2n) is 14.6. The summed E-state index contributed by atoms with van der Waals surface area (Å²) < 4.78 is 16.6. The van der Waals surface area contributed by atoms with Gasteiger partial charge in [-0.25, -0.2) is 0 Å². The molecule has 0 amide bonds. The van der Waals surface area contributed by atoms with Gasteiger partial charge in [-0.3, -0.25) is 14.4 Å².